The first-order valence-corrected chi connectivity index (χ1v) is 10.5. The van der Waals surface area contributed by atoms with Crippen LogP contribution in [0, 0.1) is 11.6 Å². The average Bonchev–Trinajstić information content (AvgIpc) is 3.48. The van der Waals surface area contributed by atoms with Gasteiger partial charge in [-0.2, -0.15) is 0 Å². The number of aliphatic imine (C=N–C) groups is 1. The Morgan fingerprint density at radius 1 is 1.19 bits per heavy atom. The second kappa shape index (κ2) is 7.88. The fourth-order valence-electron chi connectivity index (χ4n) is 4.60. The maximum absolute atomic E-state index is 14.4. The van der Waals surface area contributed by atoms with Crippen LogP contribution in [-0.4, -0.2) is 57.5 Å². The van der Waals surface area contributed by atoms with Crippen LogP contribution in [0.5, 0.6) is 0 Å². The predicted octanol–water partition coefficient (Wildman–Crippen LogP) is 3.06. The minimum atomic E-state index is -0.488. The number of fused-ring (bicyclic) bond motifs is 1. The van der Waals surface area contributed by atoms with Gasteiger partial charge in [-0.15, -0.1) is 0 Å². The van der Waals surface area contributed by atoms with E-state index in [1.165, 1.54) is 6.07 Å². The van der Waals surface area contributed by atoms with Crippen LogP contribution in [0.2, 0.25) is 0 Å². The van der Waals surface area contributed by atoms with Crippen LogP contribution in [0.15, 0.2) is 35.5 Å². The monoisotopic (exact) mass is 427 g/mol. The number of urea groups is 1. The van der Waals surface area contributed by atoms with Gasteiger partial charge in [0, 0.05) is 30.8 Å². The third-order valence-electron chi connectivity index (χ3n) is 6.13. The summed E-state index contributed by atoms with van der Waals surface area (Å²) in [5.41, 5.74) is 2.45. The lowest BCUT2D eigenvalue weighted by atomic mass is 10.0. The summed E-state index contributed by atoms with van der Waals surface area (Å²) in [4.78, 5) is 25.1. The van der Waals surface area contributed by atoms with Gasteiger partial charge in [-0.05, 0) is 43.5 Å². The van der Waals surface area contributed by atoms with E-state index in [-0.39, 0.29) is 12.1 Å². The van der Waals surface area contributed by atoms with Gasteiger partial charge in [-0.3, -0.25) is 9.98 Å². The van der Waals surface area contributed by atoms with Crippen molar-refractivity contribution < 1.29 is 18.7 Å². The van der Waals surface area contributed by atoms with Gasteiger partial charge < -0.3 is 20.2 Å². The van der Waals surface area contributed by atoms with E-state index in [0.717, 1.165) is 29.8 Å². The predicted molar refractivity (Wildman–Crippen MR) is 111 cm³/mol. The van der Waals surface area contributed by atoms with Gasteiger partial charge in [0.1, 0.15) is 17.5 Å². The number of rotatable bonds is 2. The van der Waals surface area contributed by atoms with Crippen molar-refractivity contribution in [2.45, 2.75) is 38.0 Å². The molecule has 2 N–H and O–H groups in total. The number of β-amino-alcohol motifs (C(OH)–C–C–N with tert-alkyl or cyclic N) is 1. The van der Waals surface area contributed by atoms with Crippen LogP contribution in [0.25, 0.3) is 0 Å². The fourth-order valence-corrected chi connectivity index (χ4v) is 4.60. The number of anilines is 1. The molecule has 0 aliphatic carbocycles. The Morgan fingerprint density at radius 3 is 2.87 bits per heavy atom. The second-order valence-electron chi connectivity index (χ2n) is 8.19. The molecule has 2 fully saturated rings. The maximum Gasteiger partial charge on any atom is 0.321 e. The van der Waals surface area contributed by atoms with Crippen LogP contribution in [0.3, 0.4) is 0 Å². The molecule has 2 atom stereocenters. The van der Waals surface area contributed by atoms with Gasteiger partial charge >= 0.3 is 6.03 Å². The van der Waals surface area contributed by atoms with Crippen molar-refractivity contribution in [3.05, 3.63) is 58.9 Å². The number of amides is 2. The van der Waals surface area contributed by atoms with Crippen LogP contribution < -0.4 is 5.32 Å². The molecule has 0 saturated carbocycles. The largest absolute Gasteiger partial charge is 0.391 e. The van der Waals surface area contributed by atoms with Crippen molar-refractivity contribution in [3.63, 3.8) is 0 Å². The lowest BCUT2D eigenvalue weighted by molar-refractivity contribution is 0.176. The molecule has 0 bridgehead atoms. The van der Waals surface area contributed by atoms with Crippen LogP contribution in [0.4, 0.5) is 19.3 Å². The highest BCUT2D eigenvalue weighted by Crippen LogP contribution is 2.37. The van der Waals surface area contributed by atoms with Gasteiger partial charge in [-0.25, -0.2) is 13.6 Å². The molecule has 1 aromatic heterocycles. The maximum atomic E-state index is 14.4. The first kappa shape index (κ1) is 19.9. The molecule has 0 unspecified atom stereocenters. The Morgan fingerprint density at radius 2 is 2.06 bits per heavy atom. The molecule has 31 heavy (non-hydrogen) atoms. The summed E-state index contributed by atoms with van der Waals surface area (Å²) in [5, 5.41) is 12.5. The SMILES string of the molecule is O=C(Nc1cnc2c(c1)C(N1CCC[C@@H]1c1cc(F)ccc1F)=NC2)N1CC[C@H](O)C1. The number of amidine groups is 1. The lowest BCUT2D eigenvalue weighted by Gasteiger charge is -2.28. The Bertz CT molecular complexity index is 1060. The highest BCUT2D eigenvalue weighted by atomic mass is 19.1. The molecule has 2 amide bonds. The summed E-state index contributed by atoms with van der Waals surface area (Å²) in [7, 11) is 0. The second-order valence-corrected chi connectivity index (χ2v) is 8.19. The van der Waals surface area contributed by atoms with E-state index in [9.17, 15) is 18.7 Å². The van der Waals surface area contributed by atoms with Gasteiger partial charge in [0.05, 0.1) is 36.3 Å². The summed E-state index contributed by atoms with van der Waals surface area (Å²) >= 11 is 0. The van der Waals surface area contributed by atoms with Crippen LogP contribution >= 0.6 is 0 Å². The number of hydrogen-bond donors (Lipinski definition) is 2. The summed E-state index contributed by atoms with van der Waals surface area (Å²) in [6.45, 7) is 1.91. The van der Waals surface area contributed by atoms with Crippen molar-refractivity contribution >= 4 is 17.6 Å². The minimum Gasteiger partial charge on any atom is -0.391 e. The zero-order valence-corrected chi connectivity index (χ0v) is 16.9. The number of nitrogens with zero attached hydrogens (tertiary/aromatic N) is 4. The quantitative estimate of drug-likeness (QED) is 0.772. The number of aliphatic hydroxyl groups excluding tert-OH is 1. The van der Waals surface area contributed by atoms with Crippen molar-refractivity contribution in [2.24, 2.45) is 4.99 Å². The molecule has 0 radical (unpaired) electrons. The van der Waals surface area contributed by atoms with Crippen LogP contribution in [-0.2, 0) is 6.54 Å². The number of aliphatic hydroxyl groups is 1. The van der Waals surface area contributed by atoms with E-state index in [0.29, 0.717) is 56.1 Å². The summed E-state index contributed by atoms with van der Waals surface area (Å²) in [5.74, 6) is -0.193. The standard InChI is InChI=1S/C22H23F2N5O2/c23-13-3-4-18(24)16(8-13)20-2-1-6-29(20)21-17-9-14(10-25-19(17)11-26-21)27-22(31)28-7-5-15(30)12-28/h3-4,8-10,15,20,30H,1-2,5-7,11-12H2,(H,27,31)/t15-,20+/m0/s1. The average molecular weight is 427 g/mol. The molecule has 2 aromatic rings. The topological polar surface area (TPSA) is 81.1 Å². The van der Waals surface area contributed by atoms with Crippen LogP contribution in [0.1, 0.15) is 42.1 Å². The van der Waals surface area contributed by atoms with Crippen molar-refractivity contribution in [1.82, 2.24) is 14.8 Å². The Hall–Kier alpha value is -3.07. The number of carbonyl (C=O) groups excluding carboxylic acids is 1. The normalized spacial score (nSPS) is 22.6. The van der Waals surface area contributed by atoms with E-state index >= 15 is 0 Å². The molecule has 4 heterocycles. The number of likely N-dealkylation sites (tertiary alicyclic amines) is 2. The Balaban J connectivity index is 1.39. The van der Waals surface area contributed by atoms with Gasteiger partial charge in [0.25, 0.3) is 0 Å². The summed E-state index contributed by atoms with van der Waals surface area (Å²) in [6, 6.07) is 4.79. The third kappa shape index (κ3) is 3.74. The third-order valence-corrected chi connectivity index (χ3v) is 6.13. The number of carbonyl (C=O) groups is 1. The number of benzene rings is 1. The summed E-state index contributed by atoms with van der Waals surface area (Å²) in [6.07, 6.45) is 3.22. The molecular formula is C22H23F2N5O2. The number of pyridine rings is 1. The summed E-state index contributed by atoms with van der Waals surface area (Å²) < 4.78 is 28.2. The molecule has 9 heteroatoms. The van der Waals surface area contributed by atoms with Crippen molar-refractivity contribution in [2.75, 3.05) is 25.0 Å². The minimum absolute atomic E-state index is 0.282. The van der Waals surface area contributed by atoms with Gasteiger partial charge in [0.2, 0.25) is 0 Å². The zero-order chi connectivity index (χ0) is 21.5. The molecule has 2 saturated heterocycles. The van der Waals surface area contributed by atoms with Crippen molar-refractivity contribution in [1.29, 1.82) is 0 Å². The number of halogens is 2. The first-order valence-electron chi connectivity index (χ1n) is 10.5. The highest BCUT2D eigenvalue weighted by Gasteiger charge is 2.34. The smallest absolute Gasteiger partial charge is 0.321 e. The number of hydrogen-bond acceptors (Lipinski definition) is 5. The molecule has 5 rings (SSSR count). The van der Waals surface area contributed by atoms with E-state index in [1.54, 1.807) is 11.1 Å². The Kier molecular flexibility index (Phi) is 5.05. The molecule has 7 nitrogen and oxygen atoms in total. The Labute approximate surface area is 178 Å². The zero-order valence-electron chi connectivity index (χ0n) is 16.9. The molecule has 0 spiro atoms. The van der Waals surface area contributed by atoms with E-state index in [4.69, 9.17) is 0 Å². The highest BCUT2D eigenvalue weighted by molar-refractivity contribution is 6.03. The first-order chi connectivity index (χ1) is 15.0. The number of aromatic nitrogens is 1. The van der Waals surface area contributed by atoms with E-state index < -0.39 is 17.7 Å². The molecule has 162 valence electrons. The number of nitrogens with one attached hydrogen (secondary N) is 1. The fraction of sp³-hybridized carbons (Fsp3) is 0.409. The van der Waals surface area contributed by atoms with E-state index in [1.807, 2.05) is 11.0 Å². The van der Waals surface area contributed by atoms with Gasteiger partial charge in [0.15, 0.2) is 0 Å². The van der Waals surface area contributed by atoms with E-state index in [2.05, 4.69) is 15.3 Å². The van der Waals surface area contributed by atoms with Crippen molar-refractivity contribution in [3.8, 4) is 0 Å². The molecule has 1 aromatic carbocycles. The molecule has 3 aliphatic heterocycles. The molecular weight excluding hydrogens is 404 g/mol. The molecule has 3 aliphatic rings. The lowest BCUT2D eigenvalue weighted by Crippen LogP contribution is -2.34. The van der Waals surface area contributed by atoms with Gasteiger partial charge in [-0.1, -0.05) is 0 Å².